The number of carbonyl (C=O) groups is 2. The molecule has 0 amide bonds. The van der Waals surface area contributed by atoms with Crippen molar-refractivity contribution >= 4 is 12.3 Å². The number of halogens is 1. The second kappa shape index (κ2) is 7.95. The van der Waals surface area contributed by atoms with Gasteiger partial charge in [0.05, 0.1) is 11.0 Å². The summed E-state index contributed by atoms with van der Waals surface area (Å²) in [5.74, 6) is -0.399. The van der Waals surface area contributed by atoms with Gasteiger partial charge in [0.1, 0.15) is 12.1 Å². The highest BCUT2D eigenvalue weighted by molar-refractivity contribution is 5.81. The Bertz CT molecular complexity index is 1070. The Morgan fingerprint density at radius 1 is 1.21 bits per heavy atom. The van der Waals surface area contributed by atoms with Crippen LogP contribution in [0.25, 0.3) is 22.5 Å². The van der Waals surface area contributed by atoms with Crippen LogP contribution in [0.2, 0.25) is 0 Å². The van der Waals surface area contributed by atoms with Gasteiger partial charge in [-0.1, -0.05) is 24.3 Å². The van der Waals surface area contributed by atoms with Crippen LogP contribution in [0, 0.1) is 18.2 Å². The number of aryl methyl sites for hydroxylation is 1. The Labute approximate surface area is 168 Å². The first-order chi connectivity index (χ1) is 13.7. The van der Waals surface area contributed by atoms with Crippen molar-refractivity contribution in [3.63, 3.8) is 0 Å². The number of nitrogens with zero attached hydrogens (tertiary/aromatic N) is 3. The SMILES string of the molecule is Cc1cc(-c2ncn(COC(=O)C(C)(C)C)n2)ccc1-c1cccc(C=O)c1F. The highest BCUT2D eigenvalue weighted by Gasteiger charge is 2.23. The third kappa shape index (κ3) is 4.39. The van der Waals surface area contributed by atoms with Crippen LogP contribution in [-0.4, -0.2) is 27.0 Å². The van der Waals surface area contributed by atoms with Crippen molar-refractivity contribution in [1.29, 1.82) is 0 Å². The molecule has 0 aliphatic rings. The van der Waals surface area contributed by atoms with E-state index in [1.54, 1.807) is 45.0 Å². The Hall–Kier alpha value is -3.35. The third-order valence-electron chi connectivity index (χ3n) is 4.41. The summed E-state index contributed by atoms with van der Waals surface area (Å²) in [5, 5.41) is 4.33. The molecule has 0 N–H and O–H groups in total. The molecule has 2 aromatic carbocycles. The van der Waals surface area contributed by atoms with E-state index < -0.39 is 11.2 Å². The normalized spacial score (nSPS) is 11.3. The first-order valence-corrected chi connectivity index (χ1v) is 9.12. The molecule has 3 rings (SSSR count). The molecular weight excluding hydrogens is 373 g/mol. The number of aromatic nitrogens is 3. The van der Waals surface area contributed by atoms with E-state index in [4.69, 9.17) is 4.74 Å². The summed E-state index contributed by atoms with van der Waals surface area (Å²) in [6.07, 6.45) is 1.99. The van der Waals surface area contributed by atoms with Crippen LogP contribution in [0.4, 0.5) is 4.39 Å². The van der Waals surface area contributed by atoms with Gasteiger partial charge in [-0.2, -0.15) is 0 Å². The Morgan fingerprint density at radius 2 is 1.97 bits per heavy atom. The molecule has 1 aromatic heterocycles. The van der Waals surface area contributed by atoms with Crippen LogP contribution >= 0.6 is 0 Å². The maximum Gasteiger partial charge on any atom is 0.313 e. The van der Waals surface area contributed by atoms with Gasteiger partial charge in [-0.3, -0.25) is 9.59 Å². The lowest BCUT2D eigenvalue weighted by Crippen LogP contribution is -2.24. The van der Waals surface area contributed by atoms with Gasteiger partial charge in [-0.25, -0.2) is 14.1 Å². The highest BCUT2D eigenvalue weighted by Crippen LogP contribution is 2.30. The molecule has 0 saturated carbocycles. The molecule has 0 atom stereocenters. The predicted molar refractivity (Wildman–Crippen MR) is 107 cm³/mol. The van der Waals surface area contributed by atoms with E-state index in [2.05, 4.69) is 10.1 Å². The lowest BCUT2D eigenvalue weighted by Gasteiger charge is -2.16. The smallest absolute Gasteiger partial charge is 0.313 e. The molecule has 6 nitrogen and oxygen atoms in total. The topological polar surface area (TPSA) is 74.1 Å². The zero-order valence-corrected chi connectivity index (χ0v) is 16.8. The molecule has 0 saturated heterocycles. The minimum absolute atomic E-state index is 0.0239. The van der Waals surface area contributed by atoms with Gasteiger partial charge in [0, 0.05) is 11.1 Å². The van der Waals surface area contributed by atoms with Gasteiger partial charge in [0.15, 0.2) is 18.8 Å². The maximum absolute atomic E-state index is 14.5. The fourth-order valence-electron chi connectivity index (χ4n) is 2.78. The van der Waals surface area contributed by atoms with Gasteiger partial charge in [0.25, 0.3) is 0 Å². The van der Waals surface area contributed by atoms with Crippen molar-refractivity contribution in [1.82, 2.24) is 14.8 Å². The third-order valence-corrected chi connectivity index (χ3v) is 4.41. The molecule has 0 bridgehead atoms. The summed E-state index contributed by atoms with van der Waals surface area (Å²) >= 11 is 0. The predicted octanol–water partition coefficient (Wildman–Crippen LogP) is 4.42. The van der Waals surface area contributed by atoms with Crippen molar-refractivity contribution in [2.75, 3.05) is 0 Å². The number of benzene rings is 2. The summed E-state index contributed by atoms with van der Waals surface area (Å²) in [5.41, 5.74) is 2.06. The van der Waals surface area contributed by atoms with E-state index in [1.165, 1.54) is 17.1 Å². The van der Waals surface area contributed by atoms with Crippen molar-refractivity contribution in [3.05, 3.63) is 59.7 Å². The average molecular weight is 395 g/mol. The molecule has 1 heterocycles. The number of hydrogen-bond acceptors (Lipinski definition) is 5. The summed E-state index contributed by atoms with van der Waals surface area (Å²) in [7, 11) is 0. The molecule has 0 aliphatic heterocycles. The molecule has 0 spiro atoms. The molecule has 0 unspecified atom stereocenters. The number of esters is 1. The molecule has 150 valence electrons. The number of carbonyl (C=O) groups excluding carboxylic acids is 2. The van der Waals surface area contributed by atoms with E-state index >= 15 is 0 Å². The second-order valence-electron chi connectivity index (χ2n) is 7.77. The monoisotopic (exact) mass is 395 g/mol. The van der Waals surface area contributed by atoms with Crippen LogP contribution in [0.15, 0.2) is 42.7 Å². The van der Waals surface area contributed by atoms with Crippen LogP contribution in [-0.2, 0) is 16.3 Å². The number of rotatable bonds is 5. The first kappa shape index (κ1) is 20.4. The molecule has 29 heavy (non-hydrogen) atoms. The van der Waals surface area contributed by atoms with Crippen LogP contribution < -0.4 is 0 Å². The van der Waals surface area contributed by atoms with E-state index in [0.717, 1.165) is 11.1 Å². The fraction of sp³-hybridized carbons (Fsp3) is 0.273. The summed E-state index contributed by atoms with van der Waals surface area (Å²) in [6.45, 7) is 7.16. The summed E-state index contributed by atoms with van der Waals surface area (Å²) in [4.78, 5) is 27.1. The maximum atomic E-state index is 14.5. The highest BCUT2D eigenvalue weighted by atomic mass is 19.1. The molecule has 0 radical (unpaired) electrons. The molecule has 0 aliphatic carbocycles. The quantitative estimate of drug-likeness (QED) is 0.472. The summed E-state index contributed by atoms with van der Waals surface area (Å²) < 4.78 is 21.2. The lowest BCUT2D eigenvalue weighted by atomic mass is 9.96. The van der Waals surface area contributed by atoms with Crippen LogP contribution in [0.3, 0.4) is 0 Å². The molecule has 7 heteroatoms. The second-order valence-corrected chi connectivity index (χ2v) is 7.77. The van der Waals surface area contributed by atoms with Crippen molar-refractivity contribution in [2.24, 2.45) is 5.41 Å². The largest absolute Gasteiger partial charge is 0.442 e. The molecule has 3 aromatic rings. The zero-order chi connectivity index (χ0) is 21.2. The lowest BCUT2D eigenvalue weighted by molar-refractivity contribution is -0.157. The van der Waals surface area contributed by atoms with Crippen LogP contribution in [0.1, 0.15) is 36.7 Å². The minimum atomic E-state index is -0.590. The van der Waals surface area contributed by atoms with Gasteiger partial charge in [-0.15, -0.1) is 5.10 Å². The number of ether oxygens (including phenoxy) is 1. The van der Waals surface area contributed by atoms with Gasteiger partial charge >= 0.3 is 5.97 Å². The average Bonchev–Trinajstić information content (AvgIpc) is 3.15. The minimum Gasteiger partial charge on any atom is -0.442 e. The fourth-order valence-corrected chi connectivity index (χ4v) is 2.78. The van der Waals surface area contributed by atoms with E-state index in [0.29, 0.717) is 23.2 Å². The van der Waals surface area contributed by atoms with E-state index in [1.807, 2.05) is 13.0 Å². The Morgan fingerprint density at radius 3 is 2.62 bits per heavy atom. The zero-order valence-electron chi connectivity index (χ0n) is 16.8. The van der Waals surface area contributed by atoms with Gasteiger partial charge in [0.2, 0.25) is 0 Å². The molecule has 0 fully saturated rings. The molecular formula is C22H22FN3O3. The van der Waals surface area contributed by atoms with Gasteiger partial charge in [-0.05, 0) is 51.0 Å². The first-order valence-electron chi connectivity index (χ1n) is 9.12. The van der Waals surface area contributed by atoms with Crippen molar-refractivity contribution < 1.29 is 18.7 Å². The standard InChI is InChI=1S/C22H22FN3O3/c1-14-10-15(8-9-17(14)18-7-5-6-16(11-27)19(18)23)20-24-12-26(25-20)13-29-21(28)22(2,3)4/h5-12H,13H2,1-4H3. The van der Waals surface area contributed by atoms with Crippen molar-refractivity contribution in [2.45, 2.75) is 34.4 Å². The van der Waals surface area contributed by atoms with E-state index in [9.17, 15) is 14.0 Å². The Kier molecular flexibility index (Phi) is 5.59. The summed E-state index contributed by atoms with van der Waals surface area (Å²) in [6, 6.07) is 10.1. The van der Waals surface area contributed by atoms with Gasteiger partial charge < -0.3 is 4.74 Å². The van der Waals surface area contributed by atoms with Crippen LogP contribution in [0.5, 0.6) is 0 Å². The number of aldehydes is 1. The Balaban J connectivity index is 1.82. The van der Waals surface area contributed by atoms with E-state index in [-0.39, 0.29) is 18.3 Å². The van der Waals surface area contributed by atoms with Crippen molar-refractivity contribution in [3.8, 4) is 22.5 Å². The number of hydrogen-bond donors (Lipinski definition) is 0.